The van der Waals surface area contributed by atoms with Gasteiger partial charge in [-0.1, -0.05) is 35.9 Å². The molecule has 8 heteroatoms. The van der Waals surface area contributed by atoms with E-state index in [0.29, 0.717) is 27.7 Å². The maximum Gasteiger partial charge on any atom is 0.271 e. The zero-order valence-corrected chi connectivity index (χ0v) is 16.5. The van der Waals surface area contributed by atoms with Crippen molar-refractivity contribution < 1.29 is 14.0 Å². The Labute approximate surface area is 170 Å². The van der Waals surface area contributed by atoms with E-state index in [4.69, 9.17) is 11.6 Å². The van der Waals surface area contributed by atoms with Gasteiger partial charge in [0.1, 0.15) is 11.5 Å². The molecule has 0 saturated carbocycles. The number of hydrogen-bond donors (Lipinski definition) is 2. The van der Waals surface area contributed by atoms with Crippen LogP contribution in [-0.4, -0.2) is 23.3 Å². The first kappa shape index (κ1) is 20.0. The Morgan fingerprint density at radius 1 is 1.21 bits per heavy atom. The number of thiazole rings is 1. The second-order valence-corrected chi connectivity index (χ2v) is 7.46. The first-order valence-corrected chi connectivity index (χ1v) is 9.70. The van der Waals surface area contributed by atoms with Gasteiger partial charge in [-0.25, -0.2) is 9.37 Å². The number of hydrogen-bond acceptors (Lipinski definition) is 4. The fraction of sp³-hybridized carbons (Fsp3) is 0.150. The molecule has 0 unspecified atom stereocenters. The van der Waals surface area contributed by atoms with Crippen LogP contribution in [0.25, 0.3) is 0 Å². The highest BCUT2D eigenvalue weighted by Crippen LogP contribution is 2.22. The third kappa shape index (κ3) is 5.15. The molecular formula is C20H17ClFN3O2S. The third-order valence-electron chi connectivity index (χ3n) is 3.89. The minimum atomic E-state index is -0.471. The average Bonchev–Trinajstić information content (AvgIpc) is 3.13. The van der Waals surface area contributed by atoms with Gasteiger partial charge in [0.25, 0.3) is 5.91 Å². The number of aromatic nitrogens is 1. The van der Waals surface area contributed by atoms with Crippen LogP contribution < -0.4 is 10.6 Å². The van der Waals surface area contributed by atoms with Gasteiger partial charge in [-0.15, -0.1) is 11.3 Å². The Bertz CT molecular complexity index is 1020. The Morgan fingerprint density at radius 3 is 2.75 bits per heavy atom. The zero-order chi connectivity index (χ0) is 20.1. The smallest absolute Gasteiger partial charge is 0.271 e. The largest absolute Gasteiger partial charge is 0.342 e. The number of aryl methyl sites for hydroxylation is 1. The van der Waals surface area contributed by atoms with Gasteiger partial charge in [0.05, 0.1) is 22.3 Å². The van der Waals surface area contributed by atoms with Gasteiger partial charge in [-0.05, 0) is 36.2 Å². The van der Waals surface area contributed by atoms with Crippen LogP contribution in [0.5, 0.6) is 0 Å². The summed E-state index contributed by atoms with van der Waals surface area (Å²) in [5, 5.41) is 7.79. The maximum absolute atomic E-state index is 13.7. The first-order chi connectivity index (χ1) is 13.4. The minimum absolute atomic E-state index is 0.192. The van der Waals surface area contributed by atoms with E-state index in [0.717, 1.165) is 5.56 Å². The first-order valence-electron chi connectivity index (χ1n) is 8.44. The number of carbonyl (C=O) groups excluding carboxylic acids is 2. The summed E-state index contributed by atoms with van der Waals surface area (Å²) >= 11 is 7.34. The van der Waals surface area contributed by atoms with E-state index >= 15 is 0 Å². The van der Waals surface area contributed by atoms with Crippen molar-refractivity contribution in [2.45, 2.75) is 13.3 Å². The predicted octanol–water partition coefficient (Wildman–Crippen LogP) is 4.20. The van der Waals surface area contributed by atoms with Crippen LogP contribution in [-0.2, 0) is 11.2 Å². The van der Waals surface area contributed by atoms with Gasteiger partial charge in [-0.2, -0.15) is 0 Å². The van der Waals surface area contributed by atoms with Gasteiger partial charge in [0.2, 0.25) is 5.91 Å². The third-order valence-corrected chi connectivity index (χ3v) is 5.05. The van der Waals surface area contributed by atoms with Crippen molar-refractivity contribution in [3.05, 3.63) is 80.5 Å². The van der Waals surface area contributed by atoms with Gasteiger partial charge < -0.3 is 10.6 Å². The molecule has 5 nitrogen and oxygen atoms in total. The standard InChI is InChI=1S/C20H17ClFN3O2S/c1-12-6-7-16(14(21)8-12)24-18(26)10-23-20(27)17-11-28-19(25-17)9-13-4-2-3-5-15(13)22/h2-8,11H,9-10H2,1H3,(H,23,27)(H,24,26). The summed E-state index contributed by atoms with van der Waals surface area (Å²) in [7, 11) is 0. The van der Waals surface area contributed by atoms with Gasteiger partial charge in [0.15, 0.2) is 0 Å². The van der Waals surface area contributed by atoms with Crippen molar-refractivity contribution in [2.24, 2.45) is 0 Å². The molecule has 0 aliphatic rings. The number of amides is 2. The summed E-state index contributed by atoms with van der Waals surface area (Å²) in [6, 6.07) is 11.7. The van der Waals surface area contributed by atoms with Crippen molar-refractivity contribution >= 4 is 40.4 Å². The van der Waals surface area contributed by atoms with Crippen LogP contribution >= 0.6 is 22.9 Å². The number of rotatable bonds is 6. The van der Waals surface area contributed by atoms with Crippen molar-refractivity contribution in [3.63, 3.8) is 0 Å². The van der Waals surface area contributed by atoms with E-state index in [1.54, 1.807) is 35.7 Å². The van der Waals surface area contributed by atoms with Crippen LogP contribution in [0.1, 0.15) is 26.6 Å². The Hall–Kier alpha value is -2.77. The molecule has 0 radical (unpaired) electrons. The minimum Gasteiger partial charge on any atom is -0.342 e. The van der Waals surface area contributed by atoms with Crippen molar-refractivity contribution in [3.8, 4) is 0 Å². The Morgan fingerprint density at radius 2 is 2.00 bits per heavy atom. The lowest BCUT2D eigenvalue weighted by Crippen LogP contribution is -2.33. The van der Waals surface area contributed by atoms with Crippen LogP contribution in [0.3, 0.4) is 0 Å². The summed E-state index contributed by atoms with van der Waals surface area (Å²) in [5.74, 6) is -1.18. The fourth-order valence-electron chi connectivity index (χ4n) is 2.47. The Kier molecular flexibility index (Phi) is 6.38. The molecule has 28 heavy (non-hydrogen) atoms. The quantitative estimate of drug-likeness (QED) is 0.631. The lowest BCUT2D eigenvalue weighted by atomic mass is 10.1. The molecule has 0 aliphatic heterocycles. The second-order valence-electron chi connectivity index (χ2n) is 6.11. The van der Waals surface area contributed by atoms with Crippen molar-refractivity contribution in [1.29, 1.82) is 0 Å². The molecule has 0 fully saturated rings. The van der Waals surface area contributed by atoms with Crippen LogP contribution in [0.15, 0.2) is 47.8 Å². The molecule has 2 amide bonds. The van der Waals surface area contributed by atoms with E-state index in [1.165, 1.54) is 17.4 Å². The van der Waals surface area contributed by atoms with Crippen molar-refractivity contribution in [2.75, 3.05) is 11.9 Å². The zero-order valence-electron chi connectivity index (χ0n) is 15.0. The highest BCUT2D eigenvalue weighted by Gasteiger charge is 2.14. The molecular weight excluding hydrogens is 401 g/mol. The van der Waals surface area contributed by atoms with Crippen LogP contribution in [0.4, 0.5) is 10.1 Å². The Balaban J connectivity index is 1.54. The summed E-state index contributed by atoms with van der Waals surface area (Å²) in [6.45, 7) is 1.68. The number of benzene rings is 2. The number of anilines is 1. The van der Waals surface area contributed by atoms with E-state index in [-0.39, 0.29) is 18.1 Å². The summed E-state index contributed by atoms with van der Waals surface area (Å²) in [5.41, 5.74) is 2.16. The summed E-state index contributed by atoms with van der Waals surface area (Å²) < 4.78 is 13.7. The lowest BCUT2D eigenvalue weighted by Gasteiger charge is -2.08. The second kappa shape index (κ2) is 8.95. The maximum atomic E-state index is 13.7. The van der Waals surface area contributed by atoms with Gasteiger partial charge >= 0.3 is 0 Å². The summed E-state index contributed by atoms with van der Waals surface area (Å²) in [4.78, 5) is 28.4. The highest BCUT2D eigenvalue weighted by molar-refractivity contribution is 7.09. The van der Waals surface area contributed by atoms with E-state index in [9.17, 15) is 14.0 Å². The summed E-state index contributed by atoms with van der Waals surface area (Å²) in [6.07, 6.45) is 0.303. The molecule has 1 aromatic heterocycles. The fourth-order valence-corrected chi connectivity index (χ4v) is 3.55. The van der Waals surface area contributed by atoms with Gasteiger partial charge in [-0.3, -0.25) is 9.59 Å². The number of nitrogens with zero attached hydrogens (tertiary/aromatic N) is 1. The van der Waals surface area contributed by atoms with E-state index in [2.05, 4.69) is 15.6 Å². The van der Waals surface area contributed by atoms with E-state index < -0.39 is 11.8 Å². The molecule has 0 spiro atoms. The molecule has 0 aliphatic carbocycles. The van der Waals surface area contributed by atoms with E-state index in [1.807, 2.05) is 13.0 Å². The molecule has 2 aromatic carbocycles. The SMILES string of the molecule is Cc1ccc(NC(=O)CNC(=O)c2csc(Cc3ccccc3F)n2)c(Cl)c1. The molecule has 2 N–H and O–H groups in total. The van der Waals surface area contributed by atoms with Gasteiger partial charge in [0, 0.05) is 11.8 Å². The van der Waals surface area contributed by atoms with Crippen molar-refractivity contribution in [1.82, 2.24) is 10.3 Å². The molecule has 1 heterocycles. The average molecular weight is 418 g/mol. The molecule has 3 aromatic rings. The molecule has 144 valence electrons. The normalized spacial score (nSPS) is 10.5. The molecule has 3 rings (SSSR count). The number of carbonyl (C=O) groups is 2. The molecule has 0 atom stereocenters. The predicted molar refractivity (Wildman–Crippen MR) is 108 cm³/mol. The lowest BCUT2D eigenvalue weighted by molar-refractivity contribution is -0.115. The van der Waals surface area contributed by atoms with Crippen LogP contribution in [0, 0.1) is 12.7 Å². The molecule has 0 saturated heterocycles. The monoisotopic (exact) mass is 417 g/mol. The van der Waals surface area contributed by atoms with Crippen LogP contribution in [0.2, 0.25) is 5.02 Å². The molecule has 0 bridgehead atoms. The number of halogens is 2. The highest BCUT2D eigenvalue weighted by atomic mass is 35.5. The number of nitrogens with one attached hydrogen (secondary N) is 2. The topological polar surface area (TPSA) is 71.1 Å².